The smallest absolute Gasteiger partial charge is 0.288 e. The quantitative estimate of drug-likeness (QED) is 0.679. The molecule has 0 spiro atoms. The Balaban J connectivity index is 1.95. The number of anilines is 1. The van der Waals surface area contributed by atoms with Crippen LogP contribution in [0.25, 0.3) is 5.82 Å². The summed E-state index contributed by atoms with van der Waals surface area (Å²) in [6, 6.07) is 2.67. The maximum absolute atomic E-state index is 13.4. The molecule has 12 heteroatoms. The first-order valence-electron chi connectivity index (χ1n) is 7.30. The second-order valence-corrected chi connectivity index (χ2v) is 7.03. The van der Waals surface area contributed by atoms with Crippen LogP contribution in [0.3, 0.4) is 0 Å². The van der Waals surface area contributed by atoms with Crippen LogP contribution in [0.5, 0.6) is 0 Å². The first-order valence-corrected chi connectivity index (χ1v) is 8.78. The molecule has 0 aliphatic heterocycles. The van der Waals surface area contributed by atoms with E-state index in [0.717, 1.165) is 12.4 Å². The summed E-state index contributed by atoms with van der Waals surface area (Å²) in [5.41, 5.74) is -1.68. The molecule has 7 nitrogen and oxygen atoms in total. The molecule has 142 valence electrons. The molecule has 1 N–H and O–H groups in total. The Morgan fingerprint density at radius 3 is 2.48 bits per heavy atom. The van der Waals surface area contributed by atoms with E-state index >= 15 is 0 Å². The van der Waals surface area contributed by atoms with Crippen LogP contribution < -0.4 is 4.72 Å². The highest BCUT2D eigenvalue weighted by atomic mass is 32.2. The molecule has 0 unspecified atom stereocenters. The van der Waals surface area contributed by atoms with Crippen molar-refractivity contribution >= 4 is 15.8 Å². The largest absolute Gasteiger partial charge is 0.419 e. The van der Waals surface area contributed by atoms with E-state index in [4.69, 9.17) is 0 Å². The first-order chi connectivity index (χ1) is 12.6. The molecule has 2 aromatic heterocycles. The van der Waals surface area contributed by atoms with E-state index in [2.05, 4.69) is 19.7 Å². The average Bonchev–Trinajstić information content (AvgIpc) is 3.00. The van der Waals surface area contributed by atoms with Crippen LogP contribution in [-0.2, 0) is 16.2 Å². The molecule has 0 aliphatic carbocycles. The lowest BCUT2D eigenvalue weighted by Crippen LogP contribution is -2.16. The lowest BCUT2D eigenvalue weighted by Gasteiger charge is -2.12. The number of rotatable bonds is 4. The van der Waals surface area contributed by atoms with Crippen LogP contribution in [0.2, 0.25) is 0 Å². The fourth-order valence-corrected chi connectivity index (χ4v) is 3.27. The van der Waals surface area contributed by atoms with Gasteiger partial charge in [-0.05, 0) is 25.1 Å². The maximum Gasteiger partial charge on any atom is 0.419 e. The van der Waals surface area contributed by atoms with Crippen LogP contribution in [0.1, 0.15) is 11.4 Å². The fraction of sp³-hybridized carbons (Fsp3) is 0.133. The summed E-state index contributed by atoms with van der Waals surface area (Å²) in [7, 11) is -4.44. The molecule has 0 saturated carbocycles. The summed E-state index contributed by atoms with van der Waals surface area (Å²) in [6.07, 6.45) is -0.848. The number of aromatic nitrogens is 4. The predicted molar refractivity (Wildman–Crippen MR) is 86.1 cm³/mol. The normalized spacial score (nSPS) is 12.2. The number of halogens is 4. The predicted octanol–water partition coefficient (Wildman–Crippen LogP) is 2.93. The van der Waals surface area contributed by atoms with E-state index in [1.165, 1.54) is 12.3 Å². The van der Waals surface area contributed by atoms with Gasteiger partial charge in [0.2, 0.25) is 0 Å². The van der Waals surface area contributed by atoms with Crippen molar-refractivity contribution in [1.82, 2.24) is 19.5 Å². The molecule has 1 aromatic carbocycles. The van der Waals surface area contributed by atoms with Crippen molar-refractivity contribution in [2.45, 2.75) is 18.0 Å². The van der Waals surface area contributed by atoms with Gasteiger partial charge in [-0.2, -0.15) is 13.2 Å². The zero-order valence-electron chi connectivity index (χ0n) is 13.6. The summed E-state index contributed by atoms with van der Waals surface area (Å²) in [6.45, 7) is 1.70. The number of alkyl halides is 3. The van der Waals surface area contributed by atoms with Crippen molar-refractivity contribution in [2.75, 3.05) is 4.72 Å². The lowest BCUT2D eigenvalue weighted by atomic mass is 10.2. The minimum atomic E-state index is -5.03. The summed E-state index contributed by atoms with van der Waals surface area (Å²) in [5.74, 6) is -0.865. The zero-order chi connectivity index (χ0) is 19.8. The molecule has 2 heterocycles. The SMILES string of the molecule is Cc1nccn1-c1cc(NS(=O)(=O)c2ccc(F)c(C(F)(F)F)c2)ncn1. The van der Waals surface area contributed by atoms with Crippen LogP contribution in [0, 0.1) is 12.7 Å². The summed E-state index contributed by atoms with van der Waals surface area (Å²) < 4.78 is 80.1. The van der Waals surface area contributed by atoms with Crippen LogP contribution >= 0.6 is 0 Å². The van der Waals surface area contributed by atoms with Gasteiger partial charge in [-0.25, -0.2) is 27.8 Å². The molecular weight excluding hydrogens is 390 g/mol. The molecule has 0 atom stereocenters. The van der Waals surface area contributed by atoms with Crippen molar-refractivity contribution in [2.24, 2.45) is 0 Å². The van der Waals surface area contributed by atoms with E-state index < -0.39 is 32.5 Å². The standard InChI is InChI=1S/C15H11F4N5O2S/c1-9-20-4-5-24(9)14-7-13(21-8-22-14)23-27(25,26)10-2-3-12(16)11(6-10)15(17,18)19/h2-8H,1H3,(H,21,22,23). The van der Waals surface area contributed by atoms with Gasteiger partial charge in [0.05, 0.1) is 10.5 Å². The van der Waals surface area contributed by atoms with E-state index in [1.807, 2.05) is 0 Å². The molecule has 0 fully saturated rings. The minimum Gasteiger partial charge on any atom is -0.288 e. The van der Waals surface area contributed by atoms with Crippen LogP contribution in [0.4, 0.5) is 23.4 Å². The first kappa shape index (κ1) is 18.8. The Morgan fingerprint density at radius 2 is 1.85 bits per heavy atom. The molecule has 3 rings (SSSR count). The third-order valence-electron chi connectivity index (χ3n) is 3.52. The Labute approximate surface area is 150 Å². The zero-order valence-corrected chi connectivity index (χ0v) is 14.4. The average molecular weight is 401 g/mol. The molecular formula is C15H11F4N5O2S. The number of nitrogens with one attached hydrogen (secondary N) is 1. The highest BCUT2D eigenvalue weighted by molar-refractivity contribution is 7.92. The van der Waals surface area contributed by atoms with Crippen molar-refractivity contribution in [3.63, 3.8) is 0 Å². The van der Waals surface area contributed by atoms with Gasteiger partial charge in [0.25, 0.3) is 10.0 Å². The van der Waals surface area contributed by atoms with Gasteiger partial charge < -0.3 is 0 Å². The van der Waals surface area contributed by atoms with Crippen LogP contribution in [0.15, 0.2) is 47.9 Å². The number of imidazole rings is 1. The van der Waals surface area contributed by atoms with Crippen LogP contribution in [-0.4, -0.2) is 27.9 Å². The van der Waals surface area contributed by atoms with Gasteiger partial charge in [0, 0.05) is 18.5 Å². The molecule has 0 saturated heterocycles. The Hall–Kier alpha value is -3.02. The molecule has 0 amide bonds. The van der Waals surface area contributed by atoms with Gasteiger partial charge in [0.15, 0.2) is 0 Å². The summed E-state index contributed by atoms with van der Waals surface area (Å²) in [5, 5.41) is 0. The number of nitrogens with zero attached hydrogens (tertiary/aromatic N) is 4. The second-order valence-electron chi connectivity index (χ2n) is 5.35. The Kier molecular flexibility index (Phi) is 4.59. The monoisotopic (exact) mass is 401 g/mol. The van der Waals surface area contributed by atoms with Crippen molar-refractivity contribution in [3.05, 3.63) is 60.2 Å². The third-order valence-corrected chi connectivity index (χ3v) is 4.87. The number of sulfonamides is 1. The number of aryl methyl sites for hydroxylation is 1. The maximum atomic E-state index is 13.4. The second kappa shape index (κ2) is 6.61. The number of hydrogen-bond donors (Lipinski definition) is 1. The summed E-state index contributed by atoms with van der Waals surface area (Å²) in [4.78, 5) is 11.0. The van der Waals surface area contributed by atoms with Gasteiger partial charge >= 0.3 is 6.18 Å². The highest BCUT2D eigenvalue weighted by Gasteiger charge is 2.35. The minimum absolute atomic E-state index is 0.175. The number of benzene rings is 1. The molecule has 3 aromatic rings. The van der Waals surface area contributed by atoms with Crippen molar-refractivity contribution in [1.29, 1.82) is 0 Å². The highest BCUT2D eigenvalue weighted by Crippen LogP contribution is 2.33. The van der Waals surface area contributed by atoms with E-state index in [9.17, 15) is 26.0 Å². The summed E-state index contributed by atoms with van der Waals surface area (Å²) >= 11 is 0. The van der Waals surface area contributed by atoms with Gasteiger partial charge in [-0.15, -0.1) is 0 Å². The fourth-order valence-electron chi connectivity index (χ4n) is 2.24. The number of hydrogen-bond acceptors (Lipinski definition) is 5. The van der Waals surface area contributed by atoms with Crippen molar-refractivity contribution in [3.8, 4) is 5.82 Å². The molecule has 0 radical (unpaired) electrons. The Bertz CT molecular complexity index is 1100. The van der Waals surface area contributed by atoms with Gasteiger partial charge in [-0.3, -0.25) is 9.29 Å². The topological polar surface area (TPSA) is 89.8 Å². The lowest BCUT2D eigenvalue weighted by molar-refractivity contribution is -0.140. The Morgan fingerprint density at radius 1 is 1.11 bits per heavy atom. The van der Waals surface area contributed by atoms with Gasteiger partial charge in [-0.1, -0.05) is 0 Å². The van der Waals surface area contributed by atoms with E-state index in [-0.39, 0.29) is 11.9 Å². The van der Waals surface area contributed by atoms with Gasteiger partial charge in [0.1, 0.15) is 29.6 Å². The van der Waals surface area contributed by atoms with E-state index in [1.54, 1.807) is 17.7 Å². The molecule has 27 heavy (non-hydrogen) atoms. The molecule has 0 bridgehead atoms. The van der Waals surface area contributed by atoms with Crippen molar-refractivity contribution < 1.29 is 26.0 Å². The van der Waals surface area contributed by atoms with E-state index in [0.29, 0.717) is 17.7 Å². The third kappa shape index (κ3) is 3.89. The molecule has 0 aliphatic rings.